The molecule has 0 saturated carbocycles. The quantitative estimate of drug-likeness (QED) is 0.573. The Morgan fingerprint density at radius 3 is 2.33 bits per heavy atom. The molecule has 0 aromatic carbocycles. The molecular formula is C16H21N5O3. The number of rotatable bonds is 5. The maximum absolute atomic E-state index is 12.2. The first kappa shape index (κ1) is 16.4. The predicted molar refractivity (Wildman–Crippen MR) is 87.1 cm³/mol. The van der Waals surface area contributed by atoms with Gasteiger partial charge in [0.2, 0.25) is 0 Å². The lowest BCUT2D eigenvalue weighted by Crippen LogP contribution is -2.51. The molecule has 128 valence electrons. The van der Waals surface area contributed by atoms with Gasteiger partial charge >= 0.3 is 17.8 Å². The summed E-state index contributed by atoms with van der Waals surface area (Å²) in [7, 11) is 0. The second kappa shape index (κ2) is 6.96. The minimum Gasteiger partial charge on any atom is -0.354 e. The molecule has 1 aromatic rings. The Balaban J connectivity index is 1.57. The molecule has 8 nitrogen and oxygen atoms in total. The van der Waals surface area contributed by atoms with Crippen molar-refractivity contribution >= 4 is 23.7 Å². The number of pyridine rings is 1. The Morgan fingerprint density at radius 2 is 1.71 bits per heavy atom. The number of hydrogen-bond acceptors (Lipinski definition) is 6. The van der Waals surface area contributed by atoms with Gasteiger partial charge in [0.15, 0.2) is 0 Å². The zero-order valence-electron chi connectivity index (χ0n) is 13.7. The first-order chi connectivity index (χ1) is 11.6. The molecule has 24 heavy (non-hydrogen) atoms. The Bertz CT molecular complexity index is 628. The van der Waals surface area contributed by atoms with Crippen LogP contribution in [0, 0.1) is 0 Å². The van der Waals surface area contributed by atoms with Crippen molar-refractivity contribution in [2.75, 3.05) is 44.3 Å². The molecule has 2 aliphatic heterocycles. The highest BCUT2D eigenvalue weighted by molar-refractivity contribution is 6.44. The van der Waals surface area contributed by atoms with Crippen molar-refractivity contribution in [1.29, 1.82) is 0 Å². The van der Waals surface area contributed by atoms with Crippen LogP contribution in [-0.2, 0) is 9.59 Å². The number of urea groups is 1. The molecular weight excluding hydrogens is 310 g/mol. The molecule has 3 rings (SSSR count). The van der Waals surface area contributed by atoms with Crippen LogP contribution in [-0.4, -0.2) is 76.9 Å². The zero-order chi connectivity index (χ0) is 17.1. The van der Waals surface area contributed by atoms with E-state index in [0.717, 1.165) is 28.7 Å². The number of piperazine rings is 1. The monoisotopic (exact) mass is 331 g/mol. The van der Waals surface area contributed by atoms with Gasteiger partial charge in [0, 0.05) is 38.9 Å². The first-order valence-electron chi connectivity index (χ1n) is 8.17. The van der Waals surface area contributed by atoms with E-state index in [1.165, 1.54) is 0 Å². The SMILES string of the molecule is CCCN1C(=O)C(=O)N(CN2CCN(c3ccccn3)CC2)C1=O. The minimum absolute atomic E-state index is 0.166. The normalized spacial score (nSPS) is 19.5. The highest BCUT2D eigenvalue weighted by Gasteiger charge is 2.44. The second-order valence-electron chi connectivity index (χ2n) is 5.91. The summed E-state index contributed by atoms with van der Waals surface area (Å²) in [4.78, 5) is 46.7. The van der Waals surface area contributed by atoms with Crippen LogP contribution in [0.4, 0.5) is 10.6 Å². The lowest BCUT2D eigenvalue weighted by atomic mass is 10.3. The van der Waals surface area contributed by atoms with Crippen molar-refractivity contribution in [1.82, 2.24) is 19.7 Å². The van der Waals surface area contributed by atoms with E-state index in [-0.39, 0.29) is 13.2 Å². The summed E-state index contributed by atoms with van der Waals surface area (Å²) in [6.07, 6.45) is 2.40. The van der Waals surface area contributed by atoms with Gasteiger partial charge in [-0.1, -0.05) is 13.0 Å². The molecule has 0 bridgehead atoms. The van der Waals surface area contributed by atoms with Crippen molar-refractivity contribution < 1.29 is 14.4 Å². The molecule has 0 unspecified atom stereocenters. The van der Waals surface area contributed by atoms with E-state index in [2.05, 4.69) is 9.88 Å². The van der Waals surface area contributed by atoms with Crippen LogP contribution >= 0.6 is 0 Å². The summed E-state index contributed by atoms with van der Waals surface area (Å²) in [6, 6.07) is 5.29. The fourth-order valence-electron chi connectivity index (χ4n) is 2.96. The van der Waals surface area contributed by atoms with Crippen molar-refractivity contribution in [3.63, 3.8) is 0 Å². The summed E-state index contributed by atoms with van der Waals surface area (Å²) in [5.41, 5.74) is 0. The minimum atomic E-state index is -0.722. The van der Waals surface area contributed by atoms with Crippen LogP contribution in [0.1, 0.15) is 13.3 Å². The highest BCUT2D eigenvalue weighted by atomic mass is 16.2. The third-order valence-corrected chi connectivity index (χ3v) is 4.27. The fourth-order valence-corrected chi connectivity index (χ4v) is 2.96. The van der Waals surface area contributed by atoms with Gasteiger partial charge in [0.05, 0.1) is 6.67 Å². The van der Waals surface area contributed by atoms with Gasteiger partial charge in [0.1, 0.15) is 5.82 Å². The fraction of sp³-hybridized carbons (Fsp3) is 0.500. The largest absolute Gasteiger partial charge is 0.354 e. The number of aromatic nitrogens is 1. The van der Waals surface area contributed by atoms with E-state index in [1.54, 1.807) is 6.20 Å². The van der Waals surface area contributed by atoms with Gasteiger partial charge in [0.25, 0.3) is 0 Å². The third kappa shape index (κ3) is 3.09. The number of carbonyl (C=O) groups is 3. The lowest BCUT2D eigenvalue weighted by Gasteiger charge is -2.36. The van der Waals surface area contributed by atoms with Crippen molar-refractivity contribution in [3.8, 4) is 0 Å². The van der Waals surface area contributed by atoms with Crippen molar-refractivity contribution in [2.45, 2.75) is 13.3 Å². The molecule has 1 aromatic heterocycles. The Hall–Kier alpha value is -2.48. The van der Waals surface area contributed by atoms with E-state index in [9.17, 15) is 14.4 Å². The van der Waals surface area contributed by atoms with E-state index in [4.69, 9.17) is 0 Å². The van der Waals surface area contributed by atoms with Crippen LogP contribution in [0.25, 0.3) is 0 Å². The molecule has 2 fully saturated rings. The van der Waals surface area contributed by atoms with Gasteiger partial charge in [-0.05, 0) is 18.6 Å². The number of carbonyl (C=O) groups excluding carboxylic acids is 3. The second-order valence-corrected chi connectivity index (χ2v) is 5.91. The molecule has 0 atom stereocenters. The van der Waals surface area contributed by atoms with E-state index in [1.807, 2.05) is 30.0 Å². The maximum Gasteiger partial charge on any atom is 0.335 e. The van der Waals surface area contributed by atoms with Gasteiger partial charge < -0.3 is 4.90 Å². The summed E-state index contributed by atoms with van der Waals surface area (Å²) in [5.74, 6) is -0.510. The van der Waals surface area contributed by atoms with Gasteiger partial charge in [-0.15, -0.1) is 0 Å². The molecule has 8 heteroatoms. The standard InChI is InChI=1S/C16H21N5O3/c1-2-7-20-14(22)15(23)21(16(20)24)12-18-8-10-19(11-9-18)13-5-3-4-6-17-13/h3-6H,2,7-12H2,1H3. The first-order valence-corrected chi connectivity index (χ1v) is 8.17. The van der Waals surface area contributed by atoms with E-state index in [0.29, 0.717) is 19.5 Å². The van der Waals surface area contributed by atoms with Gasteiger partial charge in [-0.3, -0.25) is 19.4 Å². The summed E-state index contributed by atoms with van der Waals surface area (Å²) in [6.45, 7) is 5.25. The average Bonchev–Trinajstić information content (AvgIpc) is 2.81. The molecule has 0 aliphatic carbocycles. The highest BCUT2D eigenvalue weighted by Crippen LogP contribution is 2.16. The van der Waals surface area contributed by atoms with Crippen LogP contribution in [0.3, 0.4) is 0 Å². The number of anilines is 1. The van der Waals surface area contributed by atoms with Gasteiger partial charge in [-0.2, -0.15) is 0 Å². The smallest absolute Gasteiger partial charge is 0.335 e. The zero-order valence-corrected chi connectivity index (χ0v) is 13.7. The molecule has 2 aliphatic rings. The summed E-state index contributed by atoms with van der Waals surface area (Å²) < 4.78 is 0. The van der Waals surface area contributed by atoms with E-state index < -0.39 is 17.8 Å². The number of nitrogens with zero attached hydrogens (tertiary/aromatic N) is 5. The molecule has 0 spiro atoms. The molecule has 0 N–H and O–H groups in total. The lowest BCUT2D eigenvalue weighted by molar-refractivity contribution is -0.144. The van der Waals surface area contributed by atoms with Crippen LogP contribution < -0.4 is 4.90 Å². The Morgan fingerprint density at radius 1 is 1.00 bits per heavy atom. The Kier molecular flexibility index (Phi) is 4.75. The predicted octanol–water partition coefficient (Wildman–Crippen LogP) is 0.362. The number of hydrogen-bond donors (Lipinski definition) is 0. The summed E-state index contributed by atoms with van der Waals surface area (Å²) in [5, 5.41) is 0. The average molecular weight is 331 g/mol. The number of amides is 4. The van der Waals surface area contributed by atoms with Crippen molar-refractivity contribution in [2.24, 2.45) is 0 Å². The molecule has 4 amide bonds. The number of imide groups is 2. The van der Waals surface area contributed by atoms with Crippen LogP contribution in [0.5, 0.6) is 0 Å². The van der Waals surface area contributed by atoms with Crippen LogP contribution in [0.2, 0.25) is 0 Å². The molecule has 0 radical (unpaired) electrons. The third-order valence-electron chi connectivity index (χ3n) is 4.27. The van der Waals surface area contributed by atoms with Crippen LogP contribution in [0.15, 0.2) is 24.4 Å². The molecule has 3 heterocycles. The topological polar surface area (TPSA) is 77.1 Å². The van der Waals surface area contributed by atoms with Crippen molar-refractivity contribution in [3.05, 3.63) is 24.4 Å². The van der Waals surface area contributed by atoms with E-state index >= 15 is 0 Å². The van der Waals surface area contributed by atoms with Gasteiger partial charge in [-0.25, -0.2) is 14.7 Å². The molecule has 2 saturated heterocycles. The Labute approximate surface area is 140 Å². The maximum atomic E-state index is 12.2. The summed E-state index contributed by atoms with van der Waals surface area (Å²) >= 11 is 0.